The number of hydrogen-bond acceptors (Lipinski definition) is 4. The Bertz CT molecular complexity index is 306. The fourth-order valence-corrected chi connectivity index (χ4v) is 0.823. The molecule has 0 spiro atoms. The van der Waals surface area contributed by atoms with E-state index in [1.807, 2.05) is 0 Å². The van der Waals surface area contributed by atoms with E-state index in [0.717, 1.165) is 0 Å². The van der Waals surface area contributed by atoms with E-state index in [2.05, 4.69) is 0 Å². The van der Waals surface area contributed by atoms with Crippen molar-refractivity contribution in [3.8, 4) is 5.75 Å². The molecule has 0 fully saturated rings. The van der Waals surface area contributed by atoms with Crippen LogP contribution in [0.4, 0.5) is 0 Å². The molecular formula is C10H16FeN2O3. The molecule has 1 rings (SSSR count). The van der Waals surface area contributed by atoms with E-state index in [-0.39, 0.29) is 29.2 Å². The second-order valence-electron chi connectivity index (χ2n) is 2.78. The number of nitrogens with two attached hydrogens (primary N) is 2. The molecular weight excluding hydrogens is 252 g/mol. The first-order chi connectivity index (χ1) is 7.11. The molecule has 0 bridgehead atoms. The molecule has 6 heteroatoms. The van der Waals surface area contributed by atoms with E-state index in [1.54, 1.807) is 18.2 Å². The number of carboxylic acid groups (broad SMARTS) is 1. The summed E-state index contributed by atoms with van der Waals surface area (Å²) in [5, 5.41) is 17.5. The van der Waals surface area contributed by atoms with E-state index < -0.39 is 5.97 Å². The number of phenolic OH excluding ortho intramolecular Hbond substituents is 1. The summed E-state index contributed by atoms with van der Waals surface area (Å²) in [7, 11) is 0. The van der Waals surface area contributed by atoms with Crippen LogP contribution < -0.4 is 11.5 Å². The van der Waals surface area contributed by atoms with Gasteiger partial charge in [0.05, 0.1) is 6.42 Å². The van der Waals surface area contributed by atoms with Crippen LogP contribution in [0.2, 0.25) is 0 Å². The van der Waals surface area contributed by atoms with Gasteiger partial charge in [0, 0.05) is 35.7 Å². The molecule has 0 aromatic heterocycles. The summed E-state index contributed by atoms with van der Waals surface area (Å²) in [6.07, 6.45) is -0.132. The van der Waals surface area contributed by atoms with Gasteiger partial charge in [-0.3, -0.25) is 4.79 Å². The van der Waals surface area contributed by atoms with Crippen molar-refractivity contribution in [3.63, 3.8) is 0 Å². The molecule has 6 N–H and O–H groups in total. The Kier molecular flexibility index (Phi) is 11.3. The van der Waals surface area contributed by atoms with Gasteiger partial charge in [-0.05, 0) is 6.07 Å². The number of hydrogen-bond donors (Lipinski definition) is 4. The second-order valence-corrected chi connectivity index (χ2v) is 2.78. The number of phenols is 1. The molecule has 0 radical (unpaired) electrons. The summed E-state index contributed by atoms with van der Waals surface area (Å²) in [5.41, 5.74) is 10.2. The van der Waals surface area contributed by atoms with Crippen LogP contribution in [0, 0.1) is 0 Å². The van der Waals surface area contributed by atoms with Crippen molar-refractivity contribution >= 4 is 5.97 Å². The first-order valence-corrected chi connectivity index (χ1v) is 4.50. The molecule has 1 aromatic rings. The minimum Gasteiger partial charge on any atom is -0.508 e. The third-order valence-electron chi connectivity index (χ3n) is 1.50. The van der Waals surface area contributed by atoms with Crippen molar-refractivity contribution in [3.05, 3.63) is 29.8 Å². The Morgan fingerprint density at radius 1 is 1.19 bits per heavy atom. The average Bonchev–Trinajstić information content (AvgIpc) is 2.21. The van der Waals surface area contributed by atoms with Gasteiger partial charge in [0.25, 0.3) is 0 Å². The third kappa shape index (κ3) is 8.26. The van der Waals surface area contributed by atoms with Gasteiger partial charge in [-0.25, -0.2) is 0 Å². The number of para-hydroxylation sites is 1. The van der Waals surface area contributed by atoms with Crippen LogP contribution in [0.3, 0.4) is 0 Å². The van der Waals surface area contributed by atoms with Crippen LogP contribution in [0.15, 0.2) is 24.3 Å². The summed E-state index contributed by atoms with van der Waals surface area (Å²) >= 11 is 0. The topological polar surface area (TPSA) is 110 Å². The third-order valence-corrected chi connectivity index (χ3v) is 1.50. The Hall–Kier alpha value is -1.07. The van der Waals surface area contributed by atoms with Crippen molar-refractivity contribution in [1.29, 1.82) is 0 Å². The van der Waals surface area contributed by atoms with Crippen LogP contribution in [0.1, 0.15) is 5.56 Å². The molecule has 0 atom stereocenters. The van der Waals surface area contributed by atoms with Crippen LogP contribution in [-0.2, 0) is 28.3 Å². The van der Waals surface area contributed by atoms with Crippen molar-refractivity contribution < 1.29 is 32.1 Å². The zero-order valence-corrected chi connectivity index (χ0v) is 9.85. The van der Waals surface area contributed by atoms with Gasteiger partial charge >= 0.3 is 5.97 Å². The number of aliphatic carboxylic acids is 1. The van der Waals surface area contributed by atoms with Gasteiger partial charge in [0.15, 0.2) is 0 Å². The predicted molar refractivity (Wildman–Crippen MR) is 57.6 cm³/mol. The van der Waals surface area contributed by atoms with Gasteiger partial charge in [0.2, 0.25) is 0 Å². The van der Waals surface area contributed by atoms with Crippen LogP contribution in [0.5, 0.6) is 5.75 Å². The predicted octanol–water partition coefficient (Wildman–Crippen LogP) is -0.0794. The largest absolute Gasteiger partial charge is 0.508 e. The van der Waals surface area contributed by atoms with Gasteiger partial charge in [-0.15, -0.1) is 0 Å². The van der Waals surface area contributed by atoms with E-state index in [4.69, 9.17) is 21.7 Å². The molecule has 0 aliphatic rings. The first kappa shape index (κ1) is 17.3. The Labute approximate surface area is 105 Å². The maximum atomic E-state index is 10.2. The Balaban J connectivity index is 0. The molecule has 0 saturated heterocycles. The smallest absolute Gasteiger partial charge is 0.307 e. The van der Waals surface area contributed by atoms with Crippen molar-refractivity contribution in [1.82, 2.24) is 0 Å². The number of carboxylic acids is 1. The molecule has 0 saturated carbocycles. The number of benzene rings is 1. The molecule has 0 amide bonds. The van der Waals surface area contributed by atoms with Crippen molar-refractivity contribution in [2.24, 2.45) is 11.5 Å². The number of carbonyl (C=O) groups is 1. The van der Waals surface area contributed by atoms with Crippen LogP contribution in [-0.4, -0.2) is 29.3 Å². The molecule has 16 heavy (non-hydrogen) atoms. The fourth-order valence-electron chi connectivity index (χ4n) is 0.823. The summed E-state index contributed by atoms with van der Waals surface area (Å²) in [6.45, 7) is 1.19. The number of aromatic hydroxyl groups is 1. The summed E-state index contributed by atoms with van der Waals surface area (Å²) in [6, 6.07) is 6.40. The normalized spacial score (nSPS) is 8.38. The fraction of sp³-hybridized carbons (Fsp3) is 0.300. The minimum atomic E-state index is -0.938. The van der Waals surface area contributed by atoms with Crippen LogP contribution >= 0.6 is 0 Å². The standard InChI is InChI=1S/C8H8O3.C2H8N2.Fe/c9-7-4-2-1-3-6(7)5-8(10)11;3-1-2-4;/h1-4,9H,5H2,(H,10,11);1-4H2;. The summed E-state index contributed by atoms with van der Waals surface area (Å²) in [4.78, 5) is 10.2. The van der Waals surface area contributed by atoms with E-state index >= 15 is 0 Å². The SMILES string of the molecule is NCCN.O=C(O)Cc1ccccc1O.[Fe]. The maximum Gasteiger partial charge on any atom is 0.307 e. The van der Waals surface area contributed by atoms with E-state index in [1.165, 1.54) is 6.07 Å². The number of rotatable bonds is 3. The molecule has 92 valence electrons. The van der Waals surface area contributed by atoms with E-state index in [9.17, 15) is 4.79 Å². The van der Waals surface area contributed by atoms with Gasteiger partial charge < -0.3 is 21.7 Å². The Morgan fingerprint density at radius 2 is 1.69 bits per heavy atom. The monoisotopic (exact) mass is 268 g/mol. The van der Waals surface area contributed by atoms with Gasteiger partial charge in [0.1, 0.15) is 5.75 Å². The molecule has 1 aromatic carbocycles. The Morgan fingerprint density at radius 3 is 2.06 bits per heavy atom. The quantitative estimate of drug-likeness (QED) is 0.573. The van der Waals surface area contributed by atoms with Crippen molar-refractivity contribution in [2.75, 3.05) is 13.1 Å². The molecule has 0 aliphatic carbocycles. The first-order valence-electron chi connectivity index (χ1n) is 4.50. The molecule has 0 heterocycles. The van der Waals surface area contributed by atoms with Crippen LogP contribution in [0.25, 0.3) is 0 Å². The van der Waals surface area contributed by atoms with Crippen molar-refractivity contribution in [2.45, 2.75) is 6.42 Å². The maximum absolute atomic E-state index is 10.2. The zero-order valence-electron chi connectivity index (χ0n) is 8.74. The van der Waals surface area contributed by atoms with Gasteiger partial charge in [-0.2, -0.15) is 0 Å². The second kappa shape index (κ2) is 10.4. The summed E-state index contributed by atoms with van der Waals surface area (Å²) in [5.74, 6) is -0.901. The molecule has 0 unspecified atom stereocenters. The van der Waals surface area contributed by atoms with E-state index in [0.29, 0.717) is 18.7 Å². The zero-order chi connectivity index (χ0) is 11.7. The minimum absolute atomic E-state index is 0. The molecule has 5 nitrogen and oxygen atoms in total. The summed E-state index contributed by atoms with van der Waals surface area (Å²) < 4.78 is 0. The average molecular weight is 268 g/mol. The molecule has 0 aliphatic heterocycles. The van der Waals surface area contributed by atoms with Gasteiger partial charge in [-0.1, -0.05) is 18.2 Å².